The molecule has 4 rings (SSSR count). The lowest BCUT2D eigenvalue weighted by molar-refractivity contribution is -0.155. The number of nitrogens with zero attached hydrogens (tertiary/aromatic N) is 2. The maximum absolute atomic E-state index is 14.6. The summed E-state index contributed by atoms with van der Waals surface area (Å²) in [6, 6.07) is 5.74. The molecule has 1 N–H and O–H groups in total. The molecule has 0 aromatic heterocycles. The van der Waals surface area contributed by atoms with Crippen LogP contribution >= 0.6 is 11.8 Å². The van der Waals surface area contributed by atoms with Crippen LogP contribution in [0.5, 0.6) is 5.75 Å². The van der Waals surface area contributed by atoms with Crippen LogP contribution in [0.1, 0.15) is 33.6 Å². The Hall–Kier alpha value is -2.78. The summed E-state index contributed by atoms with van der Waals surface area (Å²) in [5.41, 5.74) is 0.652. The first-order chi connectivity index (χ1) is 18.1. The summed E-state index contributed by atoms with van der Waals surface area (Å²) < 4.78 is 9.42. The third-order valence-electron chi connectivity index (χ3n) is 8.32. The lowest BCUT2D eigenvalue weighted by Gasteiger charge is -2.40. The number of hydrogen-bond acceptors (Lipinski definition) is 7. The van der Waals surface area contributed by atoms with Crippen molar-refractivity contribution < 1.29 is 29.0 Å². The van der Waals surface area contributed by atoms with Gasteiger partial charge in [-0.15, -0.1) is 18.3 Å². The Morgan fingerprint density at radius 3 is 2.47 bits per heavy atom. The third kappa shape index (κ3) is 4.33. The highest BCUT2D eigenvalue weighted by atomic mass is 32.2. The number of methoxy groups -OCH3 is 1. The number of anilines is 1. The minimum absolute atomic E-state index is 0.0614. The van der Waals surface area contributed by atoms with Gasteiger partial charge in [0.05, 0.1) is 36.3 Å². The molecule has 3 aliphatic rings. The van der Waals surface area contributed by atoms with Gasteiger partial charge in [-0.1, -0.05) is 32.6 Å². The summed E-state index contributed by atoms with van der Waals surface area (Å²) in [6.07, 6.45) is 4.46. The van der Waals surface area contributed by atoms with E-state index in [0.29, 0.717) is 24.3 Å². The Morgan fingerprint density at radius 2 is 1.92 bits per heavy atom. The molecule has 9 heteroatoms. The molecular weight excluding hydrogens is 504 g/mol. The van der Waals surface area contributed by atoms with Crippen LogP contribution in [0, 0.1) is 17.8 Å². The molecule has 8 nitrogen and oxygen atoms in total. The number of ether oxygens (including phenoxy) is 2. The molecular formula is C29H38N2O6S. The van der Waals surface area contributed by atoms with E-state index in [1.165, 1.54) is 6.08 Å². The minimum atomic E-state index is -0.856. The van der Waals surface area contributed by atoms with Crippen molar-refractivity contribution in [2.45, 2.75) is 55.2 Å². The standard InChI is InChI=1S/C29H38N2O6S/c1-7-15-30(19-9-11-20(36-6)12-10-19)26(34)24-29-14-13-28(5,38-29)23(27(35)37-16-8-2)22(29)25(33)31(24)21(17-32)18(3)4/h7-12,18,21-24,32H,1-2,13-17H2,3-6H3/t21-,22-,23+,24?,28-,29?/m0/s1. The van der Waals surface area contributed by atoms with Crippen LogP contribution in [0.4, 0.5) is 5.69 Å². The summed E-state index contributed by atoms with van der Waals surface area (Å²) in [6.45, 7) is 13.4. The number of fused-ring (bicyclic) bond motifs is 1. The van der Waals surface area contributed by atoms with Crippen molar-refractivity contribution in [3.63, 3.8) is 0 Å². The van der Waals surface area contributed by atoms with Gasteiger partial charge >= 0.3 is 5.97 Å². The molecule has 1 aromatic rings. The van der Waals surface area contributed by atoms with Crippen LogP contribution in [0.15, 0.2) is 49.6 Å². The largest absolute Gasteiger partial charge is 0.497 e. The summed E-state index contributed by atoms with van der Waals surface area (Å²) in [4.78, 5) is 45.4. The molecule has 3 heterocycles. The fourth-order valence-electron chi connectivity index (χ4n) is 6.57. The highest BCUT2D eigenvalue weighted by Crippen LogP contribution is 2.72. The van der Waals surface area contributed by atoms with Gasteiger partial charge in [0.1, 0.15) is 18.4 Å². The van der Waals surface area contributed by atoms with Gasteiger partial charge in [-0.3, -0.25) is 14.4 Å². The number of thioether (sulfide) groups is 1. The third-order valence-corrected chi connectivity index (χ3v) is 10.3. The van der Waals surface area contributed by atoms with Gasteiger partial charge < -0.3 is 24.4 Å². The monoisotopic (exact) mass is 542 g/mol. The molecule has 38 heavy (non-hydrogen) atoms. The van der Waals surface area contributed by atoms with Gasteiger partial charge in [-0.05, 0) is 49.9 Å². The molecule has 0 saturated carbocycles. The maximum Gasteiger partial charge on any atom is 0.311 e. The molecule has 3 fully saturated rings. The van der Waals surface area contributed by atoms with Gasteiger partial charge in [0.15, 0.2) is 0 Å². The second-order valence-corrected chi connectivity index (χ2v) is 12.7. The van der Waals surface area contributed by atoms with E-state index in [9.17, 15) is 19.5 Å². The Balaban J connectivity index is 1.83. The SMILES string of the molecule is C=CCOC(=O)[C@H]1[C@H]2C(=O)N([C@@H](CO)C(C)C)C(C(=O)N(CC=C)c3ccc(OC)cc3)C23CC[C@]1(C)S3. The number of rotatable bonds is 11. The molecule has 1 aromatic carbocycles. The van der Waals surface area contributed by atoms with Crippen LogP contribution < -0.4 is 9.64 Å². The Morgan fingerprint density at radius 1 is 1.24 bits per heavy atom. The fourth-order valence-corrected chi connectivity index (χ4v) is 8.90. The lowest BCUT2D eigenvalue weighted by Crippen LogP contribution is -2.58. The predicted octanol–water partition coefficient (Wildman–Crippen LogP) is 3.44. The van der Waals surface area contributed by atoms with Crippen LogP contribution in [0.25, 0.3) is 0 Å². The molecule has 0 radical (unpaired) electrons. The molecule has 3 aliphatic heterocycles. The maximum atomic E-state index is 14.6. The number of amides is 2. The average molecular weight is 543 g/mol. The number of likely N-dealkylation sites (tertiary alicyclic amines) is 1. The van der Waals surface area contributed by atoms with Gasteiger partial charge in [0, 0.05) is 17.0 Å². The van der Waals surface area contributed by atoms with Crippen LogP contribution in [0.3, 0.4) is 0 Å². The van der Waals surface area contributed by atoms with Crippen molar-refractivity contribution in [3.8, 4) is 5.75 Å². The summed E-state index contributed by atoms with van der Waals surface area (Å²) in [7, 11) is 1.58. The molecule has 2 unspecified atom stereocenters. The number of carbonyl (C=O) groups is 3. The normalized spacial score (nSPS) is 30.2. The van der Waals surface area contributed by atoms with E-state index >= 15 is 0 Å². The van der Waals surface area contributed by atoms with E-state index in [1.807, 2.05) is 20.8 Å². The van der Waals surface area contributed by atoms with Gasteiger partial charge in [0.2, 0.25) is 5.91 Å². The van der Waals surface area contributed by atoms with E-state index in [-0.39, 0.29) is 37.5 Å². The molecule has 206 valence electrons. The van der Waals surface area contributed by atoms with Crippen molar-refractivity contribution in [3.05, 3.63) is 49.6 Å². The summed E-state index contributed by atoms with van der Waals surface area (Å²) in [5, 5.41) is 10.4. The van der Waals surface area contributed by atoms with E-state index in [4.69, 9.17) is 9.47 Å². The Bertz CT molecular complexity index is 1110. The number of hydrogen-bond donors (Lipinski definition) is 1. The molecule has 2 amide bonds. The van der Waals surface area contributed by atoms with E-state index in [2.05, 4.69) is 13.2 Å². The quantitative estimate of drug-likeness (QED) is 0.338. The Kier molecular flexibility index (Phi) is 8.00. The molecule has 2 bridgehead atoms. The first-order valence-electron chi connectivity index (χ1n) is 13.1. The van der Waals surface area contributed by atoms with Crippen molar-refractivity contribution in [2.75, 3.05) is 31.8 Å². The van der Waals surface area contributed by atoms with E-state index in [0.717, 1.165) is 0 Å². The number of aliphatic hydroxyl groups excluding tert-OH is 1. The highest BCUT2D eigenvalue weighted by molar-refractivity contribution is 8.02. The highest BCUT2D eigenvalue weighted by Gasteiger charge is 2.78. The van der Waals surface area contributed by atoms with Crippen molar-refractivity contribution >= 4 is 35.2 Å². The zero-order valence-corrected chi connectivity index (χ0v) is 23.4. The number of esters is 1. The van der Waals surface area contributed by atoms with Gasteiger partial charge in [-0.25, -0.2) is 0 Å². The van der Waals surface area contributed by atoms with Crippen LogP contribution in [-0.2, 0) is 19.1 Å². The predicted molar refractivity (Wildman–Crippen MR) is 148 cm³/mol. The van der Waals surface area contributed by atoms with Crippen molar-refractivity contribution in [1.29, 1.82) is 0 Å². The Labute approximate surface area is 229 Å². The topological polar surface area (TPSA) is 96.4 Å². The second-order valence-electron chi connectivity index (χ2n) is 10.8. The zero-order chi connectivity index (χ0) is 27.8. The van der Waals surface area contributed by atoms with E-state index < -0.39 is 39.4 Å². The minimum Gasteiger partial charge on any atom is -0.497 e. The number of benzene rings is 1. The van der Waals surface area contributed by atoms with E-state index in [1.54, 1.807) is 59.0 Å². The molecule has 3 saturated heterocycles. The van der Waals surface area contributed by atoms with Crippen LogP contribution in [-0.4, -0.2) is 76.2 Å². The first-order valence-corrected chi connectivity index (χ1v) is 13.9. The zero-order valence-electron chi connectivity index (χ0n) is 22.6. The average Bonchev–Trinajstić information content (AvgIpc) is 3.47. The number of carbonyl (C=O) groups excluding carboxylic acids is 3. The van der Waals surface area contributed by atoms with Crippen LogP contribution in [0.2, 0.25) is 0 Å². The second kappa shape index (κ2) is 10.8. The fraction of sp³-hybridized carbons (Fsp3) is 0.552. The first kappa shape index (κ1) is 28.2. The van der Waals surface area contributed by atoms with Crippen molar-refractivity contribution in [1.82, 2.24) is 4.90 Å². The van der Waals surface area contributed by atoms with Gasteiger partial charge in [-0.2, -0.15) is 0 Å². The lowest BCUT2D eigenvalue weighted by atomic mass is 9.66. The summed E-state index contributed by atoms with van der Waals surface area (Å²) >= 11 is 1.58. The number of aliphatic hydroxyl groups is 1. The summed E-state index contributed by atoms with van der Waals surface area (Å²) in [5.74, 6) is -1.79. The molecule has 1 spiro atoms. The molecule has 0 aliphatic carbocycles. The van der Waals surface area contributed by atoms with Gasteiger partial charge in [0.25, 0.3) is 5.91 Å². The smallest absolute Gasteiger partial charge is 0.311 e. The van der Waals surface area contributed by atoms with Crippen molar-refractivity contribution in [2.24, 2.45) is 17.8 Å². The molecule has 6 atom stereocenters.